The molecule has 0 atom stereocenters. The van der Waals surface area contributed by atoms with E-state index in [1.54, 1.807) is 24.4 Å². The van der Waals surface area contributed by atoms with Gasteiger partial charge >= 0.3 is 0 Å². The van der Waals surface area contributed by atoms with Gasteiger partial charge in [0.05, 0.1) is 35.0 Å². The smallest absolute Gasteiger partial charge is 0.294 e. The fourth-order valence-electron chi connectivity index (χ4n) is 3.91. The average molecular weight is 502 g/mol. The number of methoxy groups -OCH3 is 1. The molecule has 0 amide bonds. The third-order valence-corrected chi connectivity index (χ3v) is 5.90. The number of anilines is 3. The molecule has 1 N–H and O–H groups in total. The van der Waals surface area contributed by atoms with Crippen molar-refractivity contribution in [1.82, 2.24) is 14.9 Å². The van der Waals surface area contributed by atoms with Gasteiger partial charge in [0.1, 0.15) is 11.4 Å². The van der Waals surface area contributed by atoms with E-state index in [1.807, 2.05) is 63.0 Å². The highest BCUT2D eigenvalue weighted by Gasteiger charge is 2.22. The number of hydrogen-bond acceptors (Lipinski definition) is 9. The van der Waals surface area contributed by atoms with Gasteiger partial charge in [-0.2, -0.15) is 5.26 Å². The van der Waals surface area contributed by atoms with E-state index >= 15 is 0 Å². The summed E-state index contributed by atoms with van der Waals surface area (Å²) in [6.07, 6.45) is 3.57. The Labute approximate surface area is 217 Å². The standard InChI is InChI=1S/C27H31N7O3/c1-7-20(21-9-8-19(17-28)14-18(21)2)22-10-11-29-27(30-22)31-23-15-25(34(35)36)24(16-26(23)37-6)33(5)13-12-32(3)4/h7-11,14-16H,12-13H2,1-6H3,(H,29,30,31)/b20-7+. The molecule has 0 aliphatic carbocycles. The molecule has 3 aromatic rings. The first kappa shape index (κ1) is 27.1. The lowest BCUT2D eigenvalue weighted by atomic mass is 9.96. The van der Waals surface area contributed by atoms with E-state index in [2.05, 4.69) is 21.4 Å². The van der Waals surface area contributed by atoms with Crippen LogP contribution in [0.15, 0.2) is 48.7 Å². The topological polar surface area (TPSA) is 120 Å². The summed E-state index contributed by atoms with van der Waals surface area (Å²) in [6.45, 7) is 5.21. The number of rotatable bonds is 10. The fraction of sp³-hybridized carbons (Fsp3) is 0.296. The van der Waals surface area contributed by atoms with Crippen LogP contribution in [-0.4, -0.2) is 61.1 Å². The van der Waals surface area contributed by atoms with Crippen LogP contribution in [0.5, 0.6) is 5.75 Å². The number of nitro groups is 1. The molecule has 192 valence electrons. The van der Waals surface area contributed by atoms with Crippen LogP contribution < -0.4 is 15.0 Å². The lowest BCUT2D eigenvalue weighted by Crippen LogP contribution is -2.28. The molecule has 0 unspecified atom stereocenters. The van der Waals surface area contributed by atoms with Gasteiger partial charge in [0.2, 0.25) is 5.95 Å². The molecule has 2 aromatic carbocycles. The van der Waals surface area contributed by atoms with Crippen molar-refractivity contribution in [2.75, 3.05) is 51.6 Å². The van der Waals surface area contributed by atoms with E-state index < -0.39 is 4.92 Å². The molecular weight excluding hydrogens is 470 g/mol. The van der Waals surface area contributed by atoms with Crippen molar-refractivity contribution in [2.45, 2.75) is 13.8 Å². The molecule has 0 bridgehead atoms. The van der Waals surface area contributed by atoms with Gasteiger partial charge in [-0.05, 0) is 57.3 Å². The minimum Gasteiger partial charge on any atom is -0.494 e. The third-order valence-electron chi connectivity index (χ3n) is 5.90. The lowest BCUT2D eigenvalue weighted by Gasteiger charge is -2.22. The summed E-state index contributed by atoms with van der Waals surface area (Å²) < 4.78 is 5.56. The van der Waals surface area contributed by atoms with Crippen molar-refractivity contribution in [3.8, 4) is 11.8 Å². The molecule has 1 heterocycles. The zero-order valence-corrected chi connectivity index (χ0v) is 21.9. The summed E-state index contributed by atoms with van der Waals surface area (Å²) in [5.41, 5.74) is 4.82. The SMILES string of the molecule is C/C=C(/c1ccnc(Nc2cc([N+](=O)[O-])c(N(C)CCN(C)C)cc2OC)n1)c1ccc(C#N)cc1C. The molecule has 37 heavy (non-hydrogen) atoms. The minimum atomic E-state index is -0.408. The first-order valence-corrected chi connectivity index (χ1v) is 11.7. The van der Waals surface area contributed by atoms with E-state index in [-0.39, 0.29) is 11.6 Å². The van der Waals surface area contributed by atoms with Crippen molar-refractivity contribution in [3.05, 3.63) is 81.2 Å². The van der Waals surface area contributed by atoms with Crippen molar-refractivity contribution in [1.29, 1.82) is 5.26 Å². The molecule has 0 aliphatic rings. The molecule has 0 saturated carbocycles. The van der Waals surface area contributed by atoms with Gasteiger partial charge in [-0.1, -0.05) is 12.1 Å². The zero-order valence-electron chi connectivity index (χ0n) is 21.9. The van der Waals surface area contributed by atoms with Crippen LogP contribution in [0, 0.1) is 28.4 Å². The number of allylic oxidation sites excluding steroid dienone is 1. The van der Waals surface area contributed by atoms with Gasteiger partial charge in [-0.15, -0.1) is 0 Å². The van der Waals surface area contributed by atoms with E-state index in [0.717, 1.165) is 23.2 Å². The third kappa shape index (κ3) is 6.39. The number of hydrogen-bond donors (Lipinski definition) is 1. The normalized spacial score (nSPS) is 11.2. The lowest BCUT2D eigenvalue weighted by molar-refractivity contribution is -0.384. The number of likely N-dealkylation sites (N-methyl/N-ethyl adjacent to an activating group) is 2. The van der Waals surface area contributed by atoms with Gasteiger partial charge in [0.25, 0.3) is 5.69 Å². The summed E-state index contributed by atoms with van der Waals surface area (Å²) in [7, 11) is 7.23. The first-order chi connectivity index (χ1) is 17.7. The second kappa shape index (κ2) is 12.0. The highest BCUT2D eigenvalue weighted by molar-refractivity contribution is 5.81. The summed E-state index contributed by atoms with van der Waals surface area (Å²) in [5.74, 6) is 0.699. The van der Waals surface area contributed by atoms with Crippen LogP contribution in [0.25, 0.3) is 5.57 Å². The maximum absolute atomic E-state index is 11.9. The number of nitrogens with zero attached hydrogens (tertiary/aromatic N) is 6. The molecule has 0 spiro atoms. The predicted octanol–water partition coefficient (Wildman–Crippen LogP) is 4.77. The van der Waals surface area contributed by atoms with Gasteiger partial charge in [0, 0.05) is 44.0 Å². The first-order valence-electron chi connectivity index (χ1n) is 11.7. The van der Waals surface area contributed by atoms with E-state index in [0.29, 0.717) is 34.9 Å². The molecule has 10 nitrogen and oxygen atoms in total. The van der Waals surface area contributed by atoms with E-state index in [1.165, 1.54) is 13.2 Å². The van der Waals surface area contributed by atoms with Crippen LogP contribution >= 0.6 is 0 Å². The molecule has 10 heteroatoms. The molecular formula is C27H31N7O3. The Morgan fingerprint density at radius 1 is 1.22 bits per heavy atom. The van der Waals surface area contributed by atoms with Gasteiger partial charge in [-0.25, -0.2) is 9.97 Å². The Morgan fingerprint density at radius 3 is 2.57 bits per heavy atom. The number of benzene rings is 2. The Hall–Kier alpha value is -4.49. The van der Waals surface area contributed by atoms with Crippen LogP contribution in [-0.2, 0) is 0 Å². The molecule has 0 aliphatic heterocycles. The molecule has 1 aromatic heterocycles. The van der Waals surface area contributed by atoms with Crippen LogP contribution in [0.4, 0.5) is 23.0 Å². The maximum Gasteiger partial charge on any atom is 0.294 e. The quantitative estimate of drug-likeness (QED) is 0.309. The maximum atomic E-state index is 11.9. The number of aromatic nitrogens is 2. The summed E-state index contributed by atoms with van der Waals surface area (Å²) in [6, 6.07) is 12.5. The van der Waals surface area contributed by atoms with Crippen LogP contribution in [0.2, 0.25) is 0 Å². The predicted molar refractivity (Wildman–Crippen MR) is 145 cm³/mol. The highest BCUT2D eigenvalue weighted by atomic mass is 16.6. The van der Waals surface area contributed by atoms with Crippen molar-refractivity contribution in [3.63, 3.8) is 0 Å². The summed E-state index contributed by atoms with van der Waals surface area (Å²) in [5, 5.41) is 24.2. The Morgan fingerprint density at radius 2 is 1.97 bits per heavy atom. The molecule has 3 rings (SSSR count). The largest absolute Gasteiger partial charge is 0.494 e. The van der Waals surface area contributed by atoms with Crippen LogP contribution in [0.1, 0.15) is 29.3 Å². The second-order valence-electron chi connectivity index (χ2n) is 8.76. The Balaban J connectivity index is 1.98. The van der Waals surface area contributed by atoms with Crippen LogP contribution in [0.3, 0.4) is 0 Å². The fourth-order valence-corrected chi connectivity index (χ4v) is 3.91. The molecule has 0 saturated heterocycles. The number of aryl methyl sites for hydroxylation is 1. The Bertz CT molecular complexity index is 1360. The average Bonchev–Trinajstić information content (AvgIpc) is 2.88. The monoisotopic (exact) mass is 501 g/mol. The van der Waals surface area contributed by atoms with Gasteiger partial charge in [0.15, 0.2) is 0 Å². The summed E-state index contributed by atoms with van der Waals surface area (Å²) in [4.78, 5) is 24.3. The Kier molecular flexibility index (Phi) is 8.77. The number of nitriles is 1. The zero-order chi connectivity index (χ0) is 27.1. The molecule has 0 radical (unpaired) electrons. The van der Waals surface area contributed by atoms with Crippen molar-refractivity contribution in [2.24, 2.45) is 0 Å². The van der Waals surface area contributed by atoms with Crippen molar-refractivity contribution >= 4 is 28.6 Å². The number of ether oxygens (including phenoxy) is 1. The number of nitrogens with one attached hydrogen (secondary N) is 1. The second-order valence-corrected chi connectivity index (χ2v) is 8.76. The minimum absolute atomic E-state index is 0.0527. The highest BCUT2D eigenvalue weighted by Crippen LogP contribution is 2.39. The van der Waals surface area contributed by atoms with Gasteiger partial charge < -0.3 is 19.9 Å². The molecule has 0 fully saturated rings. The van der Waals surface area contributed by atoms with Gasteiger partial charge in [-0.3, -0.25) is 10.1 Å². The van der Waals surface area contributed by atoms with E-state index in [4.69, 9.17) is 4.74 Å². The number of nitro benzene ring substituents is 1. The van der Waals surface area contributed by atoms with E-state index in [9.17, 15) is 15.4 Å². The summed E-state index contributed by atoms with van der Waals surface area (Å²) >= 11 is 0. The van der Waals surface area contributed by atoms with Crippen molar-refractivity contribution < 1.29 is 9.66 Å².